The Kier molecular flexibility index (Phi) is 8.49. The van der Waals surface area contributed by atoms with Gasteiger partial charge in [-0.25, -0.2) is 4.39 Å². The van der Waals surface area contributed by atoms with Crippen LogP contribution in [-0.4, -0.2) is 26.0 Å². The molecule has 2 aromatic rings. The van der Waals surface area contributed by atoms with Crippen LogP contribution in [0.4, 0.5) is 4.39 Å². The van der Waals surface area contributed by atoms with Crippen LogP contribution in [0.25, 0.3) is 0 Å². The van der Waals surface area contributed by atoms with Crippen molar-refractivity contribution in [1.29, 1.82) is 5.41 Å². The van der Waals surface area contributed by atoms with Gasteiger partial charge in [0.1, 0.15) is 17.4 Å². The fourth-order valence-corrected chi connectivity index (χ4v) is 2.60. The van der Waals surface area contributed by atoms with Crippen LogP contribution in [0.15, 0.2) is 36.4 Å². The van der Waals surface area contributed by atoms with Crippen molar-refractivity contribution < 1.29 is 18.7 Å². The predicted octanol–water partition coefficient (Wildman–Crippen LogP) is 3.20. The van der Waals surface area contributed by atoms with E-state index in [-0.39, 0.29) is 30.4 Å². The number of amidine groups is 1. The lowest BCUT2D eigenvalue weighted by atomic mass is 10.1. The normalized spacial score (nSPS) is 11.3. The molecule has 27 heavy (non-hydrogen) atoms. The Morgan fingerprint density at radius 3 is 2.52 bits per heavy atom. The molecule has 0 spiro atoms. The SMILES string of the molecule is COc1ccc([C@H](OC)C(=O)NCc2ccc(C(=N)N)cc2Cl)c(F)c1.Cl. The number of ether oxygens (including phenoxy) is 2. The summed E-state index contributed by atoms with van der Waals surface area (Å²) in [5, 5.41) is 10.4. The van der Waals surface area contributed by atoms with Gasteiger partial charge in [0.25, 0.3) is 5.91 Å². The molecule has 2 rings (SSSR count). The number of hydrogen-bond acceptors (Lipinski definition) is 4. The maximum Gasteiger partial charge on any atom is 0.254 e. The third-order valence-electron chi connectivity index (χ3n) is 3.78. The smallest absolute Gasteiger partial charge is 0.254 e. The van der Waals surface area contributed by atoms with E-state index in [9.17, 15) is 9.18 Å². The van der Waals surface area contributed by atoms with Gasteiger partial charge in [-0.15, -0.1) is 12.4 Å². The van der Waals surface area contributed by atoms with Gasteiger partial charge in [-0.1, -0.05) is 23.7 Å². The first-order chi connectivity index (χ1) is 12.4. The first-order valence-electron chi connectivity index (χ1n) is 7.64. The standard InChI is InChI=1S/C18H19ClFN3O3.ClH/c1-25-12-5-6-13(15(20)8-12)16(26-2)18(24)23-9-11-4-3-10(17(21)22)7-14(11)19;/h3-8,16H,9H2,1-2H3,(H3,21,22)(H,23,24);1H/t16-;/m0./s1. The van der Waals surface area contributed by atoms with Crippen LogP contribution in [0, 0.1) is 11.2 Å². The second-order valence-corrected chi connectivity index (χ2v) is 5.85. The molecule has 4 N–H and O–H groups in total. The third-order valence-corrected chi connectivity index (χ3v) is 4.13. The third kappa shape index (κ3) is 5.56. The van der Waals surface area contributed by atoms with E-state index in [1.807, 2.05) is 0 Å². The lowest BCUT2D eigenvalue weighted by Gasteiger charge is -2.17. The molecule has 0 saturated carbocycles. The summed E-state index contributed by atoms with van der Waals surface area (Å²) in [6, 6.07) is 9.02. The van der Waals surface area contributed by atoms with Crippen molar-refractivity contribution in [1.82, 2.24) is 5.32 Å². The van der Waals surface area contributed by atoms with Crippen molar-refractivity contribution >= 4 is 35.8 Å². The van der Waals surface area contributed by atoms with Gasteiger partial charge in [-0.2, -0.15) is 0 Å². The number of carbonyl (C=O) groups excluding carboxylic acids is 1. The number of methoxy groups -OCH3 is 2. The number of nitrogens with two attached hydrogens (primary N) is 1. The molecule has 0 aliphatic heterocycles. The minimum Gasteiger partial charge on any atom is -0.497 e. The zero-order chi connectivity index (χ0) is 19.3. The Hall–Kier alpha value is -2.35. The summed E-state index contributed by atoms with van der Waals surface area (Å²) < 4.78 is 24.3. The maximum absolute atomic E-state index is 14.2. The Morgan fingerprint density at radius 2 is 2.00 bits per heavy atom. The molecule has 0 aliphatic rings. The van der Waals surface area contributed by atoms with Gasteiger partial charge in [0.15, 0.2) is 6.10 Å². The van der Waals surface area contributed by atoms with Gasteiger partial charge in [0.2, 0.25) is 0 Å². The lowest BCUT2D eigenvalue weighted by Crippen LogP contribution is -2.30. The van der Waals surface area contributed by atoms with Crippen LogP contribution in [-0.2, 0) is 16.1 Å². The Labute approximate surface area is 167 Å². The quantitative estimate of drug-likeness (QED) is 0.477. The Bertz CT molecular complexity index is 833. The van der Waals surface area contributed by atoms with E-state index in [1.165, 1.54) is 26.4 Å². The van der Waals surface area contributed by atoms with Crippen molar-refractivity contribution in [3.8, 4) is 5.75 Å². The topological polar surface area (TPSA) is 97.4 Å². The molecule has 0 bridgehead atoms. The minimum absolute atomic E-state index is 0. The van der Waals surface area contributed by atoms with Crippen LogP contribution < -0.4 is 15.8 Å². The van der Waals surface area contributed by atoms with Crippen molar-refractivity contribution in [2.24, 2.45) is 5.73 Å². The Morgan fingerprint density at radius 1 is 1.30 bits per heavy atom. The summed E-state index contributed by atoms with van der Waals surface area (Å²) in [4.78, 5) is 12.4. The molecular weight excluding hydrogens is 396 g/mol. The van der Waals surface area contributed by atoms with Gasteiger partial charge in [0.05, 0.1) is 7.11 Å². The number of benzene rings is 2. The molecule has 0 heterocycles. The molecule has 0 fully saturated rings. The monoisotopic (exact) mass is 415 g/mol. The zero-order valence-electron chi connectivity index (χ0n) is 14.7. The first kappa shape index (κ1) is 22.7. The number of nitrogens with one attached hydrogen (secondary N) is 2. The van der Waals surface area contributed by atoms with Gasteiger partial charge in [-0.05, 0) is 23.8 Å². The van der Waals surface area contributed by atoms with Gasteiger partial charge < -0.3 is 20.5 Å². The van der Waals surface area contributed by atoms with Crippen molar-refractivity contribution in [3.63, 3.8) is 0 Å². The summed E-state index contributed by atoms with van der Waals surface area (Å²) in [5.74, 6) is -0.866. The van der Waals surface area contributed by atoms with E-state index in [0.717, 1.165) is 0 Å². The average molecular weight is 416 g/mol. The molecule has 9 heteroatoms. The predicted molar refractivity (Wildman–Crippen MR) is 104 cm³/mol. The number of rotatable bonds is 7. The van der Waals surface area contributed by atoms with Gasteiger partial charge in [-0.3, -0.25) is 10.2 Å². The molecule has 146 valence electrons. The fraction of sp³-hybridized carbons (Fsp3) is 0.222. The lowest BCUT2D eigenvalue weighted by molar-refractivity contribution is -0.131. The molecule has 0 saturated heterocycles. The Balaban J connectivity index is 0.00000364. The molecule has 0 aliphatic carbocycles. The largest absolute Gasteiger partial charge is 0.497 e. The number of amides is 1. The second-order valence-electron chi connectivity index (χ2n) is 5.44. The van der Waals surface area contributed by atoms with Crippen LogP contribution in [0.5, 0.6) is 5.75 Å². The van der Waals surface area contributed by atoms with E-state index < -0.39 is 17.8 Å². The number of nitrogen functional groups attached to an aromatic ring is 1. The fourth-order valence-electron chi connectivity index (χ4n) is 2.36. The number of hydrogen-bond donors (Lipinski definition) is 3. The van der Waals surface area contributed by atoms with E-state index in [2.05, 4.69) is 5.32 Å². The molecule has 0 radical (unpaired) electrons. The minimum atomic E-state index is -1.11. The maximum atomic E-state index is 14.2. The first-order valence-corrected chi connectivity index (χ1v) is 8.02. The number of carbonyl (C=O) groups is 1. The van der Waals surface area contributed by atoms with Crippen molar-refractivity contribution in [2.75, 3.05) is 14.2 Å². The van der Waals surface area contributed by atoms with Crippen molar-refractivity contribution in [3.05, 3.63) is 63.9 Å². The highest BCUT2D eigenvalue weighted by Crippen LogP contribution is 2.25. The highest BCUT2D eigenvalue weighted by atomic mass is 35.5. The van der Waals surface area contributed by atoms with E-state index in [0.29, 0.717) is 21.9 Å². The number of halogens is 3. The molecule has 2 aromatic carbocycles. The van der Waals surface area contributed by atoms with Gasteiger partial charge >= 0.3 is 0 Å². The molecule has 1 amide bonds. The molecular formula is C18H20Cl2FN3O3. The summed E-state index contributed by atoms with van der Waals surface area (Å²) in [6.45, 7) is 0.119. The van der Waals surface area contributed by atoms with E-state index in [4.69, 9.17) is 32.2 Å². The molecule has 1 atom stereocenters. The van der Waals surface area contributed by atoms with Crippen LogP contribution >= 0.6 is 24.0 Å². The van der Waals surface area contributed by atoms with Crippen molar-refractivity contribution in [2.45, 2.75) is 12.6 Å². The van der Waals surface area contributed by atoms with Crippen LogP contribution in [0.1, 0.15) is 22.8 Å². The molecule has 0 aromatic heterocycles. The summed E-state index contributed by atoms with van der Waals surface area (Å²) in [7, 11) is 2.75. The highest BCUT2D eigenvalue weighted by Gasteiger charge is 2.23. The van der Waals surface area contributed by atoms with E-state index >= 15 is 0 Å². The summed E-state index contributed by atoms with van der Waals surface area (Å²) in [6.07, 6.45) is -1.11. The van der Waals surface area contributed by atoms with Crippen LogP contribution in [0.3, 0.4) is 0 Å². The van der Waals surface area contributed by atoms with Gasteiger partial charge in [0, 0.05) is 35.9 Å². The van der Waals surface area contributed by atoms with E-state index in [1.54, 1.807) is 24.3 Å². The highest BCUT2D eigenvalue weighted by molar-refractivity contribution is 6.31. The summed E-state index contributed by atoms with van der Waals surface area (Å²) in [5.41, 5.74) is 6.63. The van der Waals surface area contributed by atoms with Crippen LogP contribution in [0.2, 0.25) is 5.02 Å². The molecule has 6 nitrogen and oxygen atoms in total. The zero-order valence-corrected chi connectivity index (χ0v) is 16.3. The second kappa shape index (κ2) is 10.1. The molecule has 0 unspecified atom stereocenters. The summed E-state index contributed by atoms with van der Waals surface area (Å²) >= 11 is 6.14. The average Bonchev–Trinajstić information content (AvgIpc) is 2.62.